The zero-order chi connectivity index (χ0) is 14.8. The predicted molar refractivity (Wildman–Crippen MR) is 66.9 cm³/mol. The lowest BCUT2D eigenvalue weighted by Gasteiger charge is -2.22. The Morgan fingerprint density at radius 3 is 2.80 bits per heavy atom. The Bertz CT molecular complexity index is 537. The van der Waals surface area contributed by atoms with Crippen molar-refractivity contribution in [1.82, 2.24) is 5.32 Å². The highest BCUT2D eigenvalue weighted by molar-refractivity contribution is 5.88. The molecule has 6 heteroatoms. The number of methoxy groups -OCH3 is 1. The number of hydrogen-bond donors (Lipinski definition) is 1. The summed E-state index contributed by atoms with van der Waals surface area (Å²) in [5, 5.41) is 3.07. The van der Waals surface area contributed by atoms with Crippen molar-refractivity contribution in [3.8, 4) is 0 Å². The molecule has 108 valence electrons. The Morgan fingerprint density at radius 2 is 2.15 bits per heavy atom. The number of halogens is 3. The molecule has 0 aromatic heterocycles. The minimum absolute atomic E-state index is 0.417. The number of esters is 1. The molecular formula is C14H14F3NO2. The number of alkyl halides is 3. The fourth-order valence-corrected chi connectivity index (χ4v) is 2.13. The Kier molecular flexibility index (Phi) is 4.13. The third-order valence-corrected chi connectivity index (χ3v) is 3.15. The second-order valence-electron chi connectivity index (χ2n) is 4.49. The summed E-state index contributed by atoms with van der Waals surface area (Å²) in [5.41, 5.74) is 0.255. The Labute approximate surface area is 114 Å². The van der Waals surface area contributed by atoms with Crippen LogP contribution in [0.1, 0.15) is 23.6 Å². The van der Waals surface area contributed by atoms with Gasteiger partial charge in [0.2, 0.25) is 0 Å². The number of carbonyl (C=O) groups is 1. The van der Waals surface area contributed by atoms with Crippen LogP contribution in [0.25, 0.3) is 0 Å². The molecule has 0 fully saturated rings. The van der Waals surface area contributed by atoms with Crippen LogP contribution in [0.5, 0.6) is 0 Å². The van der Waals surface area contributed by atoms with Gasteiger partial charge in [-0.1, -0.05) is 18.2 Å². The molecule has 1 unspecified atom stereocenters. The van der Waals surface area contributed by atoms with Crippen molar-refractivity contribution >= 4 is 5.97 Å². The predicted octanol–water partition coefficient (Wildman–Crippen LogP) is 2.84. The fourth-order valence-electron chi connectivity index (χ4n) is 2.13. The highest BCUT2D eigenvalue weighted by atomic mass is 19.4. The maximum atomic E-state index is 12.7. The molecule has 1 heterocycles. The summed E-state index contributed by atoms with van der Waals surface area (Å²) in [6.45, 7) is 0.516. The highest BCUT2D eigenvalue weighted by Crippen LogP contribution is 2.31. The zero-order valence-electron chi connectivity index (χ0n) is 10.8. The van der Waals surface area contributed by atoms with Crippen LogP contribution in [0.3, 0.4) is 0 Å². The molecule has 0 spiro atoms. The molecule has 3 nitrogen and oxygen atoms in total. The SMILES string of the molecule is COC(=O)C1=CC(c2cccc(C(F)(F)F)c2)NCC1. The number of ether oxygens (including phenoxy) is 1. The van der Waals surface area contributed by atoms with Crippen LogP contribution in [-0.4, -0.2) is 19.6 Å². The van der Waals surface area contributed by atoms with E-state index in [-0.39, 0.29) is 0 Å². The summed E-state index contributed by atoms with van der Waals surface area (Å²) in [6, 6.07) is 4.66. The third-order valence-electron chi connectivity index (χ3n) is 3.15. The monoisotopic (exact) mass is 285 g/mol. The first-order valence-electron chi connectivity index (χ1n) is 6.11. The molecule has 1 aliphatic rings. The van der Waals surface area contributed by atoms with Gasteiger partial charge in [0.05, 0.1) is 18.7 Å². The van der Waals surface area contributed by atoms with Gasteiger partial charge in [-0.2, -0.15) is 13.2 Å². The smallest absolute Gasteiger partial charge is 0.416 e. The van der Waals surface area contributed by atoms with Crippen LogP contribution in [0.2, 0.25) is 0 Å². The maximum Gasteiger partial charge on any atom is 0.416 e. The van der Waals surface area contributed by atoms with E-state index in [2.05, 4.69) is 10.1 Å². The minimum Gasteiger partial charge on any atom is -0.466 e. The maximum absolute atomic E-state index is 12.7. The van der Waals surface area contributed by atoms with E-state index in [0.717, 1.165) is 12.1 Å². The average Bonchev–Trinajstić information content (AvgIpc) is 2.46. The second kappa shape index (κ2) is 5.66. The van der Waals surface area contributed by atoms with E-state index in [1.165, 1.54) is 13.2 Å². The highest BCUT2D eigenvalue weighted by Gasteiger charge is 2.31. The molecule has 0 radical (unpaired) electrons. The zero-order valence-corrected chi connectivity index (χ0v) is 10.8. The minimum atomic E-state index is -4.38. The van der Waals surface area contributed by atoms with Crippen LogP contribution >= 0.6 is 0 Å². The van der Waals surface area contributed by atoms with Crippen molar-refractivity contribution in [2.24, 2.45) is 0 Å². The first kappa shape index (κ1) is 14.6. The van der Waals surface area contributed by atoms with Gasteiger partial charge in [-0.25, -0.2) is 4.79 Å². The summed E-state index contributed by atoms with van der Waals surface area (Å²) >= 11 is 0. The van der Waals surface area contributed by atoms with Crippen molar-refractivity contribution in [3.05, 3.63) is 47.0 Å². The van der Waals surface area contributed by atoms with Crippen LogP contribution in [-0.2, 0) is 15.7 Å². The molecule has 0 bridgehead atoms. The molecule has 0 saturated carbocycles. The first-order chi connectivity index (χ1) is 9.41. The van der Waals surface area contributed by atoms with E-state index in [0.29, 0.717) is 24.1 Å². The average molecular weight is 285 g/mol. The largest absolute Gasteiger partial charge is 0.466 e. The van der Waals surface area contributed by atoms with Gasteiger partial charge in [-0.3, -0.25) is 0 Å². The molecule has 1 N–H and O–H groups in total. The summed E-state index contributed by atoms with van der Waals surface area (Å²) in [4.78, 5) is 11.5. The van der Waals surface area contributed by atoms with Crippen molar-refractivity contribution in [2.75, 3.05) is 13.7 Å². The Balaban J connectivity index is 2.30. The van der Waals surface area contributed by atoms with Crippen LogP contribution in [0, 0.1) is 0 Å². The summed E-state index contributed by atoms with van der Waals surface area (Å²) in [5.74, 6) is -0.441. The number of benzene rings is 1. The van der Waals surface area contributed by atoms with E-state index < -0.39 is 23.8 Å². The van der Waals surface area contributed by atoms with Crippen LogP contribution < -0.4 is 5.32 Å². The number of carbonyl (C=O) groups excluding carboxylic acids is 1. The molecular weight excluding hydrogens is 271 g/mol. The standard InChI is InChI=1S/C14H14F3NO2/c1-20-13(19)10-5-6-18-12(8-10)9-3-2-4-11(7-9)14(15,16)17/h2-4,7-8,12,18H,5-6H2,1H3. The molecule has 0 amide bonds. The van der Waals surface area contributed by atoms with Crippen LogP contribution in [0.15, 0.2) is 35.9 Å². The third kappa shape index (κ3) is 3.19. The molecule has 1 aromatic carbocycles. The summed E-state index contributed by atoms with van der Waals surface area (Å²) in [6.07, 6.45) is -2.26. The Morgan fingerprint density at radius 1 is 1.40 bits per heavy atom. The van der Waals surface area contributed by atoms with E-state index in [9.17, 15) is 18.0 Å². The lowest BCUT2D eigenvalue weighted by atomic mass is 9.97. The normalized spacial score (nSPS) is 19.4. The van der Waals surface area contributed by atoms with Crippen molar-refractivity contribution in [2.45, 2.75) is 18.6 Å². The van der Waals surface area contributed by atoms with Gasteiger partial charge >= 0.3 is 12.1 Å². The number of nitrogens with one attached hydrogen (secondary N) is 1. The molecule has 0 aliphatic carbocycles. The molecule has 1 atom stereocenters. The number of hydrogen-bond acceptors (Lipinski definition) is 3. The van der Waals surface area contributed by atoms with Crippen molar-refractivity contribution in [3.63, 3.8) is 0 Å². The molecule has 0 saturated heterocycles. The molecule has 20 heavy (non-hydrogen) atoms. The van der Waals surface area contributed by atoms with E-state index in [1.54, 1.807) is 12.1 Å². The van der Waals surface area contributed by atoms with Crippen molar-refractivity contribution < 1.29 is 22.7 Å². The van der Waals surface area contributed by atoms with E-state index >= 15 is 0 Å². The topological polar surface area (TPSA) is 38.3 Å². The fraction of sp³-hybridized carbons (Fsp3) is 0.357. The Hall–Kier alpha value is -1.82. The van der Waals surface area contributed by atoms with Gasteiger partial charge in [0, 0.05) is 12.1 Å². The van der Waals surface area contributed by atoms with Crippen LogP contribution in [0.4, 0.5) is 13.2 Å². The summed E-state index contributed by atoms with van der Waals surface area (Å²) < 4.78 is 42.7. The van der Waals surface area contributed by atoms with Gasteiger partial charge in [-0.05, 0) is 24.1 Å². The molecule has 1 aromatic rings. The van der Waals surface area contributed by atoms with Gasteiger partial charge < -0.3 is 10.1 Å². The quantitative estimate of drug-likeness (QED) is 0.849. The van der Waals surface area contributed by atoms with E-state index in [4.69, 9.17) is 0 Å². The summed E-state index contributed by atoms with van der Waals surface area (Å²) in [7, 11) is 1.28. The van der Waals surface area contributed by atoms with Gasteiger partial charge in [0.1, 0.15) is 0 Å². The van der Waals surface area contributed by atoms with Gasteiger partial charge in [-0.15, -0.1) is 0 Å². The molecule has 1 aliphatic heterocycles. The molecule has 2 rings (SSSR count). The number of rotatable bonds is 2. The first-order valence-corrected chi connectivity index (χ1v) is 6.11. The lowest BCUT2D eigenvalue weighted by molar-refractivity contribution is -0.138. The van der Waals surface area contributed by atoms with Gasteiger partial charge in [0.25, 0.3) is 0 Å². The van der Waals surface area contributed by atoms with Crippen molar-refractivity contribution in [1.29, 1.82) is 0 Å². The second-order valence-corrected chi connectivity index (χ2v) is 4.49. The lowest BCUT2D eigenvalue weighted by Crippen LogP contribution is -2.28. The van der Waals surface area contributed by atoms with Gasteiger partial charge in [0.15, 0.2) is 0 Å². The van der Waals surface area contributed by atoms with E-state index in [1.807, 2.05) is 0 Å².